The second-order valence-electron chi connectivity index (χ2n) is 6.76. The van der Waals surface area contributed by atoms with Gasteiger partial charge in [-0.25, -0.2) is 9.97 Å². The Morgan fingerprint density at radius 2 is 1.85 bits per heavy atom. The van der Waals surface area contributed by atoms with E-state index in [1.54, 1.807) is 17.1 Å². The third-order valence-electron chi connectivity index (χ3n) is 4.82. The molecule has 2 aromatic heterocycles. The number of hydrogen-bond acceptors (Lipinski definition) is 5. The highest BCUT2D eigenvalue weighted by Crippen LogP contribution is 2.23. The molecule has 0 aliphatic carbocycles. The number of nitrogens with zero attached hydrogens (tertiary/aromatic N) is 5. The number of fused-ring (bicyclic) bond motifs is 1. The molecule has 7 heteroatoms. The lowest BCUT2D eigenvalue weighted by atomic mass is 10.0. The van der Waals surface area contributed by atoms with Crippen LogP contribution in [0.2, 0.25) is 0 Å². The number of rotatable bonds is 3. The van der Waals surface area contributed by atoms with Crippen LogP contribution in [0.25, 0.3) is 11.0 Å². The largest absolute Gasteiger partial charge is 0.355 e. The van der Waals surface area contributed by atoms with Crippen molar-refractivity contribution in [3.63, 3.8) is 0 Å². The number of benzene rings is 1. The highest BCUT2D eigenvalue weighted by atomic mass is 16.1. The molecule has 0 radical (unpaired) electrons. The fourth-order valence-electron chi connectivity index (χ4n) is 3.42. The maximum absolute atomic E-state index is 12.3. The van der Waals surface area contributed by atoms with Gasteiger partial charge in [-0.1, -0.05) is 12.1 Å². The maximum Gasteiger partial charge on any atom is 0.254 e. The fourth-order valence-corrected chi connectivity index (χ4v) is 3.42. The van der Waals surface area contributed by atoms with Crippen molar-refractivity contribution in [3.8, 4) is 0 Å². The molecule has 3 aromatic rings. The second kappa shape index (κ2) is 6.74. The molecule has 4 rings (SSSR count). The smallest absolute Gasteiger partial charge is 0.254 e. The summed E-state index contributed by atoms with van der Waals surface area (Å²) in [7, 11) is 1.81. The van der Waals surface area contributed by atoms with Gasteiger partial charge in [0.1, 0.15) is 0 Å². The lowest BCUT2D eigenvalue weighted by molar-refractivity contribution is 0.0931. The van der Waals surface area contributed by atoms with Crippen molar-refractivity contribution in [2.45, 2.75) is 25.8 Å². The highest BCUT2D eigenvalue weighted by molar-refractivity contribution is 5.93. The molecule has 7 nitrogen and oxygen atoms in total. The Morgan fingerprint density at radius 3 is 2.50 bits per heavy atom. The van der Waals surface area contributed by atoms with Crippen molar-refractivity contribution in [2.75, 3.05) is 18.0 Å². The summed E-state index contributed by atoms with van der Waals surface area (Å²) in [5.41, 5.74) is 3.39. The lowest BCUT2D eigenvalue weighted by Gasteiger charge is -2.33. The quantitative estimate of drug-likeness (QED) is 0.783. The molecule has 1 aliphatic heterocycles. The number of anilines is 1. The monoisotopic (exact) mass is 350 g/mol. The zero-order valence-electron chi connectivity index (χ0n) is 15.0. The van der Waals surface area contributed by atoms with Crippen LogP contribution >= 0.6 is 0 Å². The van der Waals surface area contributed by atoms with E-state index in [-0.39, 0.29) is 11.9 Å². The van der Waals surface area contributed by atoms with Crippen molar-refractivity contribution < 1.29 is 4.79 Å². The third kappa shape index (κ3) is 3.24. The molecule has 1 amide bonds. The van der Waals surface area contributed by atoms with Gasteiger partial charge in [0.2, 0.25) is 0 Å². The highest BCUT2D eigenvalue weighted by Gasteiger charge is 2.23. The van der Waals surface area contributed by atoms with Gasteiger partial charge in [0.25, 0.3) is 5.91 Å². The Morgan fingerprint density at radius 1 is 1.15 bits per heavy atom. The van der Waals surface area contributed by atoms with E-state index in [0.717, 1.165) is 48.5 Å². The molecular weight excluding hydrogens is 328 g/mol. The van der Waals surface area contributed by atoms with Crippen LogP contribution in [0.1, 0.15) is 28.9 Å². The van der Waals surface area contributed by atoms with Crippen LogP contribution in [0, 0.1) is 6.92 Å². The molecule has 0 unspecified atom stereocenters. The SMILES string of the molecule is Cc1nc2ccccc2nc1N1CCC(NC(=O)c2cnn(C)c2)CC1. The van der Waals surface area contributed by atoms with Crippen molar-refractivity contribution in [2.24, 2.45) is 7.05 Å². The van der Waals surface area contributed by atoms with Crippen LogP contribution in [0.3, 0.4) is 0 Å². The lowest BCUT2D eigenvalue weighted by Crippen LogP contribution is -2.45. The van der Waals surface area contributed by atoms with E-state index in [4.69, 9.17) is 4.98 Å². The topological polar surface area (TPSA) is 75.9 Å². The summed E-state index contributed by atoms with van der Waals surface area (Å²) in [5, 5.41) is 7.16. The summed E-state index contributed by atoms with van der Waals surface area (Å²) in [6.45, 7) is 3.71. The molecule has 1 aliphatic rings. The maximum atomic E-state index is 12.3. The normalized spacial score (nSPS) is 15.4. The predicted molar refractivity (Wildman–Crippen MR) is 100 cm³/mol. The molecule has 1 saturated heterocycles. The number of aryl methyl sites for hydroxylation is 2. The Balaban J connectivity index is 1.42. The van der Waals surface area contributed by atoms with Gasteiger partial charge in [-0.15, -0.1) is 0 Å². The zero-order valence-corrected chi connectivity index (χ0v) is 15.0. The number of carbonyl (C=O) groups excluding carboxylic acids is 1. The van der Waals surface area contributed by atoms with Gasteiger partial charge in [0, 0.05) is 32.4 Å². The first kappa shape index (κ1) is 16.5. The Hall–Kier alpha value is -2.96. The molecule has 0 spiro atoms. The first-order valence-electron chi connectivity index (χ1n) is 8.88. The molecule has 1 aromatic carbocycles. The first-order valence-corrected chi connectivity index (χ1v) is 8.88. The third-order valence-corrected chi connectivity index (χ3v) is 4.82. The molecule has 134 valence electrons. The molecule has 0 bridgehead atoms. The van der Waals surface area contributed by atoms with Gasteiger partial charge in [0.15, 0.2) is 5.82 Å². The molecule has 3 heterocycles. The van der Waals surface area contributed by atoms with Gasteiger partial charge < -0.3 is 10.2 Å². The summed E-state index contributed by atoms with van der Waals surface area (Å²) in [4.78, 5) is 24.0. The van der Waals surface area contributed by atoms with Crippen molar-refractivity contribution in [1.29, 1.82) is 0 Å². The van der Waals surface area contributed by atoms with Crippen LogP contribution in [-0.2, 0) is 7.05 Å². The van der Waals surface area contributed by atoms with E-state index in [0.29, 0.717) is 5.56 Å². The van der Waals surface area contributed by atoms with Gasteiger partial charge in [-0.05, 0) is 31.9 Å². The number of aromatic nitrogens is 4. The molecule has 26 heavy (non-hydrogen) atoms. The number of amides is 1. The number of para-hydroxylation sites is 2. The van der Waals surface area contributed by atoms with Crippen molar-refractivity contribution >= 4 is 22.8 Å². The average molecular weight is 350 g/mol. The van der Waals surface area contributed by atoms with Crippen LogP contribution in [0.4, 0.5) is 5.82 Å². The first-order chi connectivity index (χ1) is 12.6. The number of carbonyl (C=O) groups is 1. The van der Waals surface area contributed by atoms with E-state index in [2.05, 4.69) is 20.3 Å². The summed E-state index contributed by atoms with van der Waals surface area (Å²) in [6, 6.07) is 8.11. The van der Waals surface area contributed by atoms with Gasteiger partial charge in [0.05, 0.1) is 28.5 Å². The number of nitrogens with one attached hydrogen (secondary N) is 1. The molecular formula is C19H22N6O. The summed E-state index contributed by atoms with van der Waals surface area (Å²) < 4.78 is 1.64. The van der Waals surface area contributed by atoms with E-state index in [9.17, 15) is 4.79 Å². The molecule has 1 fully saturated rings. The minimum absolute atomic E-state index is 0.0572. The molecule has 1 N–H and O–H groups in total. The Labute approximate surface area is 152 Å². The molecule has 0 atom stereocenters. The van der Waals surface area contributed by atoms with Crippen LogP contribution < -0.4 is 10.2 Å². The molecule has 0 saturated carbocycles. The summed E-state index contributed by atoms with van der Waals surface area (Å²) in [6.07, 6.45) is 5.11. The summed E-state index contributed by atoms with van der Waals surface area (Å²) >= 11 is 0. The van der Waals surface area contributed by atoms with Crippen molar-refractivity contribution in [3.05, 3.63) is 47.9 Å². The minimum atomic E-state index is -0.0572. The Bertz CT molecular complexity index is 942. The van der Waals surface area contributed by atoms with Crippen LogP contribution in [-0.4, -0.2) is 44.8 Å². The van der Waals surface area contributed by atoms with E-state index in [1.807, 2.05) is 38.2 Å². The van der Waals surface area contributed by atoms with E-state index < -0.39 is 0 Å². The zero-order chi connectivity index (χ0) is 18.1. The standard InChI is InChI=1S/C19H22N6O/c1-13-18(23-17-6-4-3-5-16(17)21-13)25-9-7-15(8-10-25)22-19(26)14-11-20-24(2)12-14/h3-6,11-12,15H,7-10H2,1-2H3,(H,22,26). The van der Waals surface area contributed by atoms with Gasteiger partial charge in [-0.3, -0.25) is 9.48 Å². The number of hydrogen-bond donors (Lipinski definition) is 1. The van der Waals surface area contributed by atoms with Gasteiger partial charge in [-0.2, -0.15) is 5.10 Å². The summed E-state index contributed by atoms with van der Waals surface area (Å²) in [5.74, 6) is 0.888. The van der Waals surface area contributed by atoms with Crippen molar-refractivity contribution in [1.82, 2.24) is 25.1 Å². The average Bonchev–Trinajstić information content (AvgIpc) is 3.08. The van der Waals surface area contributed by atoms with Gasteiger partial charge >= 0.3 is 0 Å². The Kier molecular flexibility index (Phi) is 4.28. The van der Waals surface area contributed by atoms with Crippen LogP contribution in [0.15, 0.2) is 36.7 Å². The fraction of sp³-hybridized carbons (Fsp3) is 0.368. The van der Waals surface area contributed by atoms with E-state index >= 15 is 0 Å². The number of piperidine rings is 1. The second-order valence-corrected chi connectivity index (χ2v) is 6.76. The predicted octanol–water partition coefficient (Wildman–Crippen LogP) is 2.07. The van der Waals surface area contributed by atoms with Crippen LogP contribution in [0.5, 0.6) is 0 Å². The van der Waals surface area contributed by atoms with E-state index in [1.165, 1.54) is 0 Å². The minimum Gasteiger partial charge on any atom is -0.355 e.